The minimum atomic E-state index is 0.108. The molecule has 18 heavy (non-hydrogen) atoms. The fourth-order valence-electron chi connectivity index (χ4n) is 2.02. The van der Waals surface area contributed by atoms with Crippen LogP contribution in [-0.4, -0.2) is 19.7 Å². The van der Waals surface area contributed by atoms with E-state index in [-0.39, 0.29) is 5.41 Å². The number of rotatable bonds is 7. The summed E-state index contributed by atoms with van der Waals surface area (Å²) < 4.78 is 6.85. The Balaban J connectivity index is 2.93. The molecule has 0 aliphatic rings. The molecule has 1 aromatic carbocycles. The van der Waals surface area contributed by atoms with E-state index in [2.05, 4.69) is 54.2 Å². The molecular formula is C15H24BrNO. The van der Waals surface area contributed by atoms with E-state index >= 15 is 0 Å². The maximum Gasteiger partial charge on any atom is 0.123 e. The van der Waals surface area contributed by atoms with Crippen LogP contribution in [0.25, 0.3) is 0 Å². The number of ether oxygens (including phenoxy) is 1. The lowest BCUT2D eigenvalue weighted by molar-refractivity contribution is 0.324. The van der Waals surface area contributed by atoms with E-state index in [0.29, 0.717) is 6.61 Å². The highest BCUT2D eigenvalue weighted by Gasteiger charge is 2.24. The van der Waals surface area contributed by atoms with Gasteiger partial charge in [0.1, 0.15) is 5.75 Å². The van der Waals surface area contributed by atoms with Gasteiger partial charge < -0.3 is 10.1 Å². The van der Waals surface area contributed by atoms with Crippen LogP contribution in [0.1, 0.15) is 39.7 Å². The Morgan fingerprint density at radius 1 is 1.28 bits per heavy atom. The number of halogens is 1. The van der Waals surface area contributed by atoms with Gasteiger partial charge in [-0.3, -0.25) is 0 Å². The van der Waals surface area contributed by atoms with Gasteiger partial charge in [-0.2, -0.15) is 0 Å². The average molecular weight is 314 g/mol. The first-order chi connectivity index (χ1) is 8.51. The van der Waals surface area contributed by atoms with Gasteiger partial charge in [-0.25, -0.2) is 0 Å². The number of hydrogen-bond donors (Lipinski definition) is 1. The maximum atomic E-state index is 5.74. The molecule has 0 unspecified atom stereocenters. The van der Waals surface area contributed by atoms with Gasteiger partial charge in [0.25, 0.3) is 0 Å². The Morgan fingerprint density at radius 3 is 2.61 bits per heavy atom. The van der Waals surface area contributed by atoms with Crippen molar-refractivity contribution in [3.05, 3.63) is 28.2 Å². The van der Waals surface area contributed by atoms with Crippen molar-refractivity contribution in [2.45, 2.75) is 39.5 Å². The highest BCUT2D eigenvalue weighted by atomic mass is 79.9. The number of nitrogens with one attached hydrogen (secondary N) is 1. The first-order valence-corrected chi connectivity index (χ1v) is 7.44. The number of benzene rings is 1. The molecule has 1 rings (SSSR count). The molecule has 0 fully saturated rings. The third-order valence-electron chi connectivity index (χ3n) is 3.15. The second-order valence-corrected chi connectivity index (χ2v) is 5.98. The average Bonchev–Trinajstić information content (AvgIpc) is 2.32. The van der Waals surface area contributed by atoms with Crippen LogP contribution in [0.15, 0.2) is 22.7 Å². The molecule has 0 aromatic heterocycles. The largest absolute Gasteiger partial charge is 0.494 e. The lowest BCUT2D eigenvalue weighted by Gasteiger charge is -2.28. The van der Waals surface area contributed by atoms with Crippen LogP contribution < -0.4 is 10.1 Å². The zero-order chi connectivity index (χ0) is 13.6. The zero-order valence-corrected chi connectivity index (χ0v) is 13.4. The van der Waals surface area contributed by atoms with E-state index in [1.54, 1.807) is 0 Å². The van der Waals surface area contributed by atoms with E-state index in [1.165, 1.54) is 5.56 Å². The second kappa shape index (κ2) is 7.15. The van der Waals surface area contributed by atoms with Crippen LogP contribution in [0.3, 0.4) is 0 Å². The van der Waals surface area contributed by atoms with Crippen molar-refractivity contribution < 1.29 is 4.74 Å². The van der Waals surface area contributed by atoms with Gasteiger partial charge in [0.15, 0.2) is 0 Å². The van der Waals surface area contributed by atoms with Crippen LogP contribution in [0.4, 0.5) is 0 Å². The highest BCUT2D eigenvalue weighted by Crippen LogP contribution is 2.36. The highest BCUT2D eigenvalue weighted by molar-refractivity contribution is 9.10. The molecule has 1 aromatic rings. The van der Waals surface area contributed by atoms with Gasteiger partial charge >= 0.3 is 0 Å². The summed E-state index contributed by atoms with van der Waals surface area (Å²) in [4.78, 5) is 0. The zero-order valence-electron chi connectivity index (χ0n) is 11.8. The lowest BCUT2D eigenvalue weighted by Crippen LogP contribution is -2.26. The summed E-state index contributed by atoms with van der Waals surface area (Å²) in [6.07, 6.45) is 1.09. The predicted molar refractivity (Wildman–Crippen MR) is 81.5 cm³/mol. The summed E-state index contributed by atoms with van der Waals surface area (Å²) in [5.41, 5.74) is 1.38. The van der Waals surface area contributed by atoms with Crippen molar-refractivity contribution in [3.63, 3.8) is 0 Å². The molecule has 102 valence electrons. The molecular weight excluding hydrogens is 290 g/mol. The lowest BCUT2D eigenvalue weighted by atomic mass is 9.81. The summed E-state index contributed by atoms with van der Waals surface area (Å²) in [7, 11) is 0. The fraction of sp³-hybridized carbons (Fsp3) is 0.600. The summed E-state index contributed by atoms with van der Waals surface area (Å²) in [6.45, 7) is 11.5. The normalized spacial score (nSPS) is 11.6. The Bertz CT molecular complexity index is 377. The van der Waals surface area contributed by atoms with Gasteiger partial charge in [-0.1, -0.05) is 36.7 Å². The quantitative estimate of drug-likeness (QED) is 0.764. The van der Waals surface area contributed by atoms with E-state index in [0.717, 1.165) is 29.7 Å². The molecule has 0 aliphatic carbocycles. The van der Waals surface area contributed by atoms with Crippen LogP contribution in [0.2, 0.25) is 0 Å². The van der Waals surface area contributed by atoms with Crippen LogP contribution in [0, 0.1) is 0 Å². The van der Waals surface area contributed by atoms with Crippen molar-refractivity contribution in [1.29, 1.82) is 0 Å². The molecule has 0 bridgehead atoms. The summed E-state index contributed by atoms with van der Waals surface area (Å²) in [5, 5.41) is 3.39. The van der Waals surface area contributed by atoms with Gasteiger partial charge in [-0.15, -0.1) is 0 Å². The Labute approximate surface area is 119 Å². The molecule has 0 amide bonds. The van der Waals surface area contributed by atoms with Gasteiger partial charge in [0.2, 0.25) is 0 Å². The van der Waals surface area contributed by atoms with E-state index in [1.807, 2.05) is 13.0 Å². The minimum absolute atomic E-state index is 0.108. The molecule has 1 N–H and O–H groups in total. The first-order valence-electron chi connectivity index (χ1n) is 6.64. The fourth-order valence-corrected chi connectivity index (χ4v) is 2.39. The Hall–Kier alpha value is -0.540. The molecule has 0 saturated carbocycles. The van der Waals surface area contributed by atoms with Crippen LogP contribution >= 0.6 is 15.9 Å². The molecule has 0 radical (unpaired) electrons. The van der Waals surface area contributed by atoms with Gasteiger partial charge in [-0.05, 0) is 50.0 Å². The van der Waals surface area contributed by atoms with Crippen molar-refractivity contribution >= 4 is 15.9 Å². The molecule has 0 spiro atoms. The van der Waals surface area contributed by atoms with E-state index in [9.17, 15) is 0 Å². The molecule has 0 aliphatic heterocycles. The summed E-state index contributed by atoms with van der Waals surface area (Å²) >= 11 is 3.55. The van der Waals surface area contributed by atoms with E-state index < -0.39 is 0 Å². The standard InChI is InChI=1S/C15H24BrNO/c1-5-17-10-9-15(3,4)13-11-12(16)7-8-14(13)18-6-2/h7-8,11,17H,5-6,9-10H2,1-4H3. The smallest absolute Gasteiger partial charge is 0.123 e. The molecule has 0 atom stereocenters. The maximum absolute atomic E-state index is 5.74. The molecule has 3 heteroatoms. The van der Waals surface area contributed by atoms with Crippen molar-refractivity contribution in [1.82, 2.24) is 5.32 Å². The SMILES string of the molecule is CCNCCC(C)(C)c1cc(Br)ccc1OCC. The van der Waals surface area contributed by atoms with Crippen molar-refractivity contribution in [3.8, 4) is 5.75 Å². The molecule has 2 nitrogen and oxygen atoms in total. The summed E-state index contributed by atoms with van der Waals surface area (Å²) in [5.74, 6) is 1.00. The first kappa shape index (κ1) is 15.5. The number of hydrogen-bond acceptors (Lipinski definition) is 2. The van der Waals surface area contributed by atoms with Crippen molar-refractivity contribution in [2.75, 3.05) is 19.7 Å². The topological polar surface area (TPSA) is 21.3 Å². The van der Waals surface area contributed by atoms with E-state index in [4.69, 9.17) is 4.74 Å². The molecule has 0 heterocycles. The Morgan fingerprint density at radius 2 is 2.00 bits per heavy atom. The second-order valence-electron chi connectivity index (χ2n) is 5.06. The predicted octanol–water partition coefficient (Wildman–Crippen LogP) is 4.13. The summed E-state index contributed by atoms with van der Waals surface area (Å²) in [6, 6.07) is 6.27. The third kappa shape index (κ3) is 4.29. The Kier molecular flexibility index (Phi) is 6.16. The molecule has 0 saturated heterocycles. The van der Waals surface area contributed by atoms with Gasteiger partial charge in [0, 0.05) is 10.0 Å². The third-order valence-corrected chi connectivity index (χ3v) is 3.64. The monoisotopic (exact) mass is 313 g/mol. The van der Waals surface area contributed by atoms with Crippen LogP contribution in [-0.2, 0) is 5.41 Å². The minimum Gasteiger partial charge on any atom is -0.494 e. The van der Waals surface area contributed by atoms with Crippen LogP contribution in [0.5, 0.6) is 5.75 Å². The van der Waals surface area contributed by atoms with Gasteiger partial charge in [0.05, 0.1) is 6.61 Å². The van der Waals surface area contributed by atoms with Crippen molar-refractivity contribution in [2.24, 2.45) is 0 Å².